The third-order valence-corrected chi connectivity index (χ3v) is 14.2. The van der Waals surface area contributed by atoms with Gasteiger partial charge in [-0.05, 0) is 96.8 Å². The first kappa shape index (κ1) is 48.0. The van der Waals surface area contributed by atoms with E-state index in [0.29, 0.717) is 62.8 Å². The molecule has 5 aromatic rings. The minimum absolute atomic E-state index is 0.000778. The first-order valence-electron chi connectivity index (χ1n) is 22.3. The molecule has 16 nitrogen and oxygen atoms in total. The summed E-state index contributed by atoms with van der Waals surface area (Å²) in [5, 5.41) is 15.8. The number of hydrogen-bond acceptors (Lipinski definition) is 12. The van der Waals surface area contributed by atoms with Gasteiger partial charge in [-0.1, -0.05) is 25.5 Å². The van der Waals surface area contributed by atoms with Gasteiger partial charge in [0.2, 0.25) is 5.91 Å². The van der Waals surface area contributed by atoms with Crippen molar-refractivity contribution in [3.05, 3.63) is 117 Å². The number of ether oxygens (including phenoxy) is 2. The van der Waals surface area contributed by atoms with Gasteiger partial charge >= 0.3 is 6.18 Å². The van der Waals surface area contributed by atoms with Crippen LogP contribution < -0.4 is 19.7 Å². The summed E-state index contributed by atoms with van der Waals surface area (Å²) in [5.74, 6) is -0.836. The maximum atomic E-state index is 14.0. The van der Waals surface area contributed by atoms with Crippen molar-refractivity contribution in [2.24, 2.45) is 5.41 Å². The van der Waals surface area contributed by atoms with Crippen LogP contribution in [0.5, 0.6) is 11.5 Å². The number of halogens is 3. The zero-order chi connectivity index (χ0) is 48.5. The maximum Gasteiger partial charge on any atom is 0.416 e. The van der Waals surface area contributed by atoms with E-state index in [0.717, 1.165) is 47.9 Å². The number of allylic oxidation sites excluding steroid dienone is 1. The van der Waals surface area contributed by atoms with E-state index >= 15 is 0 Å². The minimum Gasteiger partial charge on any atom is -0.455 e. The number of nitro groups is 1. The quantitative estimate of drug-likeness (QED) is 0.0759. The number of alkyl halides is 3. The standard InChI is InChI=1S/C48H53F3N8O8S/c1-30-21-34(48(49,50)51)5-8-39(30)41-25-47(3,4)13-11-33(41)28-56-15-17-57(18-16-56)35-6-9-40(44(23-35)67-36-22-32-12-14-52-45(32)54-26-36)46(61)55-68(64,65)38-7-10-42(43(24-38)59(62)63)53-27-37-29-58(31(2)60)19-20-66-37/h5-10,12,14,21-24,26,37,53H,11,13,15-20,25,27-29H2,1-4H3,(H,52,54)(H,55,61). The number of piperazine rings is 1. The summed E-state index contributed by atoms with van der Waals surface area (Å²) in [6, 6.07) is 15.6. The van der Waals surface area contributed by atoms with Gasteiger partial charge in [0.25, 0.3) is 21.6 Å². The predicted molar refractivity (Wildman–Crippen MR) is 250 cm³/mol. The van der Waals surface area contributed by atoms with Crippen molar-refractivity contribution in [3.63, 3.8) is 0 Å². The summed E-state index contributed by atoms with van der Waals surface area (Å²) in [6.45, 7) is 11.9. The number of fused-ring (bicyclic) bond motifs is 1. The molecule has 1 atom stereocenters. The van der Waals surface area contributed by atoms with E-state index in [4.69, 9.17) is 9.47 Å². The van der Waals surface area contributed by atoms with Crippen LogP contribution in [0, 0.1) is 22.5 Å². The molecule has 3 aromatic carbocycles. The molecule has 3 N–H and O–H groups in total. The molecule has 1 unspecified atom stereocenters. The van der Waals surface area contributed by atoms with E-state index in [1.165, 1.54) is 43.0 Å². The first-order valence-corrected chi connectivity index (χ1v) is 23.8. The summed E-state index contributed by atoms with van der Waals surface area (Å²) in [5.41, 5.74) is 3.81. The number of aromatic nitrogens is 2. The lowest BCUT2D eigenvalue weighted by molar-refractivity contribution is -0.384. The van der Waals surface area contributed by atoms with Gasteiger partial charge in [0, 0.05) is 88.7 Å². The lowest BCUT2D eigenvalue weighted by atomic mass is 9.72. The van der Waals surface area contributed by atoms with Crippen molar-refractivity contribution in [2.75, 3.05) is 69.2 Å². The molecule has 20 heteroatoms. The Labute approximate surface area is 391 Å². The number of H-pyrrole nitrogens is 1. The van der Waals surface area contributed by atoms with E-state index in [2.05, 4.69) is 43.7 Å². The van der Waals surface area contributed by atoms with Gasteiger partial charge in [-0.25, -0.2) is 18.1 Å². The Morgan fingerprint density at radius 3 is 2.53 bits per heavy atom. The van der Waals surface area contributed by atoms with Gasteiger partial charge in [-0.15, -0.1) is 0 Å². The van der Waals surface area contributed by atoms with Gasteiger partial charge in [-0.2, -0.15) is 13.2 Å². The molecular formula is C48H53F3N8O8S. The number of nitro benzene ring substituents is 1. The molecule has 2 aromatic heterocycles. The van der Waals surface area contributed by atoms with Crippen LogP contribution in [0.2, 0.25) is 0 Å². The number of sulfonamides is 1. The van der Waals surface area contributed by atoms with Crippen LogP contribution in [0.4, 0.5) is 30.2 Å². The Bertz CT molecular complexity index is 2890. The van der Waals surface area contributed by atoms with Crippen LogP contribution in [-0.4, -0.2) is 110 Å². The second-order valence-corrected chi connectivity index (χ2v) is 20.0. The lowest BCUT2D eigenvalue weighted by Crippen LogP contribution is -2.47. The summed E-state index contributed by atoms with van der Waals surface area (Å²) in [6.07, 6.45) is 0.874. The maximum absolute atomic E-state index is 14.0. The fraction of sp³-hybridized carbons (Fsp3) is 0.396. The van der Waals surface area contributed by atoms with Crippen molar-refractivity contribution in [3.8, 4) is 11.5 Å². The minimum atomic E-state index is -4.67. The molecule has 360 valence electrons. The number of rotatable bonds is 13. The van der Waals surface area contributed by atoms with E-state index in [-0.39, 0.29) is 47.2 Å². The Balaban J connectivity index is 0.997. The molecule has 8 rings (SSSR count). The second kappa shape index (κ2) is 19.2. The summed E-state index contributed by atoms with van der Waals surface area (Å²) in [7, 11) is -4.67. The van der Waals surface area contributed by atoms with Crippen molar-refractivity contribution in [1.82, 2.24) is 24.5 Å². The number of morpholine rings is 1. The van der Waals surface area contributed by atoms with Crippen LogP contribution in [0.3, 0.4) is 0 Å². The SMILES string of the molecule is CC(=O)N1CCOC(CNc2ccc(S(=O)(=O)NC(=O)c3ccc(N4CCN(CC5=C(c6ccc(C(F)(F)F)cc6C)CC(C)(C)CC5)CC4)cc3Oc3cnc4[nH]ccc4c3)cc2[N+](=O)[O-])C1. The molecular weight excluding hydrogens is 906 g/mol. The van der Waals surface area contributed by atoms with E-state index in [9.17, 15) is 41.3 Å². The molecule has 0 saturated carbocycles. The number of anilines is 2. The number of carbonyl (C=O) groups is 2. The van der Waals surface area contributed by atoms with Gasteiger partial charge in [-0.3, -0.25) is 24.6 Å². The highest BCUT2D eigenvalue weighted by atomic mass is 32.2. The number of carbonyl (C=O) groups excluding carboxylic acids is 2. The molecule has 2 amide bonds. The Morgan fingerprint density at radius 2 is 1.81 bits per heavy atom. The number of amides is 2. The predicted octanol–water partition coefficient (Wildman–Crippen LogP) is 8.15. The van der Waals surface area contributed by atoms with Gasteiger partial charge in [0.15, 0.2) is 0 Å². The average Bonchev–Trinajstić information content (AvgIpc) is 3.77. The highest BCUT2D eigenvalue weighted by Gasteiger charge is 2.34. The molecule has 3 aliphatic rings. The number of pyridine rings is 1. The van der Waals surface area contributed by atoms with E-state index < -0.39 is 49.3 Å². The first-order chi connectivity index (χ1) is 32.2. The van der Waals surface area contributed by atoms with Crippen molar-refractivity contribution < 1.29 is 45.6 Å². The van der Waals surface area contributed by atoms with Crippen LogP contribution in [-0.2, 0) is 25.7 Å². The van der Waals surface area contributed by atoms with Crippen molar-refractivity contribution in [1.29, 1.82) is 0 Å². The number of aromatic amines is 1. The van der Waals surface area contributed by atoms with E-state index in [1.807, 2.05) is 0 Å². The summed E-state index contributed by atoms with van der Waals surface area (Å²) in [4.78, 5) is 50.2. The number of benzene rings is 3. The van der Waals surface area contributed by atoms with Crippen LogP contribution in [0.25, 0.3) is 16.6 Å². The number of hydrogen-bond donors (Lipinski definition) is 3. The topological polar surface area (TPSA) is 192 Å². The average molecular weight is 959 g/mol. The highest BCUT2D eigenvalue weighted by molar-refractivity contribution is 7.90. The second-order valence-electron chi connectivity index (χ2n) is 18.3. The zero-order valence-corrected chi connectivity index (χ0v) is 38.9. The fourth-order valence-electron chi connectivity index (χ4n) is 9.05. The molecule has 2 aliphatic heterocycles. The van der Waals surface area contributed by atoms with Crippen LogP contribution in [0.1, 0.15) is 67.1 Å². The van der Waals surface area contributed by atoms with Gasteiger partial charge in [0.1, 0.15) is 22.8 Å². The lowest BCUT2D eigenvalue weighted by Gasteiger charge is -2.39. The molecule has 1 aliphatic carbocycles. The zero-order valence-electron chi connectivity index (χ0n) is 38.1. The van der Waals surface area contributed by atoms with Crippen molar-refractivity contribution in [2.45, 2.75) is 64.1 Å². The number of aryl methyl sites for hydroxylation is 1. The normalized spacial score (nSPS) is 18.1. The number of nitrogens with one attached hydrogen (secondary N) is 3. The molecule has 2 fully saturated rings. The monoisotopic (exact) mass is 958 g/mol. The largest absolute Gasteiger partial charge is 0.455 e. The third-order valence-electron chi connectivity index (χ3n) is 12.8. The van der Waals surface area contributed by atoms with Crippen LogP contribution >= 0.6 is 0 Å². The summed E-state index contributed by atoms with van der Waals surface area (Å²) < 4.78 is 82.2. The highest BCUT2D eigenvalue weighted by Crippen LogP contribution is 2.45. The van der Waals surface area contributed by atoms with Gasteiger partial charge < -0.3 is 29.6 Å². The molecule has 0 radical (unpaired) electrons. The molecule has 2 saturated heterocycles. The van der Waals surface area contributed by atoms with Crippen LogP contribution in [0.15, 0.2) is 89.6 Å². The molecule has 0 spiro atoms. The van der Waals surface area contributed by atoms with E-state index in [1.54, 1.807) is 48.4 Å². The Morgan fingerprint density at radius 1 is 1.03 bits per heavy atom. The van der Waals surface area contributed by atoms with Crippen molar-refractivity contribution >= 4 is 55.5 Å². The molecule has 4 heterocycles. The van der Waals surface area contributed by atoms with Gasteiger partial charge in [0.05, 0.1) is 39.9 Å². The smallest absolute Gasteiger partial charge is 0.416 e. The fourth-order valence-corrected chi connectivity index (χ4v) is 10.0. The Hall–Kier alpha value is -6.51. The molecule has 68 heavy (non-hydrogen) atoms. The number of nitrogens with zero attached hydrogens (tertiary/aromatic N) is 5. The third kappa shape index (κ3) is 10.9. The summed E-state index contributed by atoms with van der Waals surface area (Å²) >= 11 is 0. The Kier molecular flexibility index (Phi) is 13.6. The molecule has 0 bridgehead atoms.